The summed E-state index contributed by atoms with van der Waals surface area (Å²) in [5.41, 5.74) is 2.54. The van der Waals surface area contributed by atoms with E-state index in [4.69, 9.17) is 4.74 Å². The minimum atomic E-state index is -0.401. The lowest BCUT2D eigenvalue weighted by Gasteiger charge is -2.25. The molecule has 0 spiro atoms. The van der Waals surface area contributed by atoms with Gasteiger partial charge in [-0.3, -0.25) is 14.4 Å². The second-order valence-electron chi connectivity index (χ2n) is 8.72. The molecule has 2 N–H and O–H groups in total. The number of nitrogens with zero attached hydrogens (tertiary/aromatic N) is 2. The van der Waals surface area contributed by atoms with Crippen LogP contribution in [0.3, 0.4) is 0 Å². The van der Waals surface area contributed by atoms with Crippen molar-refractivity contribution >= 4 is 51.5 Å². The third-order valence-corrected chi connectivity index (χ3v) is 8.73. The SMILES string of the molecule is CCC(Sc1cccc(NC(=O)c2ccc(OC)cc2)c1)C(=O)Nc1sc2c(c1C#N)CCN(C(C)=O)C2. The molecule has 8 nitrogen and oxygen atoms in total. The van der Waals surface area contributed by atoms with Gasteiger partial charge in [-0.1, -0.05) is 13.0 Å². The van der Waals surface area contributed by atoms with Crippen molar-refractivity contribution in [2.75, 3.05) is 24.3 Å². The average molecular weight is 549 g/mol. The van der Waals surface area contributed by atoms with Crippen LogP contribution in [-0.4, -0.2) is 41.5 Å². The van der Waals surface area contributed by atoms with Gasteiger partial charge in [-0.15, -0.1) is 23.1 Å². The molecule has 1 aromatic heterocycles. The maximum absolute atomic E-state index is 13.2. The fourth-order valence-corrected chi connectivity index (χ4v) is 6.38. The first kappa shape index (κ1) is 27.2. The number of hydrogen-bond acceptors (Lipinski definition) is 7. The maximum atomic E-state index is 13.2. The van der Waals surface area contributed by atoms with E-state index in [2.05, 4.69) is 16.7 Å². The molecule has 2 heterocycles. The second kappa shape index (κ2) is 12.2. The Morgan fingerprint density at radius 2 is 1.95 bits per heavy atom. The van der Waals surface area contributed by atoms with E-state index in [1.807, 2.05) is 25.1 Å². The van der Waals surface area contributed by atoms with Gasteiger partial charge in [0.15, 0.2) is 0 Å². The number of anilines is 2. The van der Waals surface area contributed by atoms with E-state index < -0.39 is 5.25 Å². The largest absolute Gasteiger partial charge is 0.497 e. The number of hydrogen-bond donors (Lipinski definition) is 2. The number of thiophene rings is 1. The normalized spacial score (nSPS) is 13.2. The first-order valence-electron chi connectivity index (χ1n) is 12.2. The Morgan fingerprint density at radius 1 is 1.18 bits per heavy atom. The standard InChI is InChI=1S/C28H28N4O4S2/c1-4-24(27(35)31-28-23(15-29)22-12-13-32(17(2)33)16-25(22)38-28)37-21-7-5-6-19(14-21)30-26(34)18-8-10-20(36-3)11-9-18/h5-11,14,24H,4,12-13,16H2,1-3H3,(H,30,34)(H,31,35). The number of carbonyl (C=O) groups excluding carboxylic acids is 3. The number of nitriles is 1. The quantitative estimate of drug-likeness (QED) is 0.370. The Hall–Kier alpha value is -3.81. The number of nitrogens with one attached hydrogen (secondary N) is 2. The highest BCUT2D eigenvalue weighted by Crippen LogP contribution is 2.37. The van der Waals surface area contributed by atoms with Crippen molar-refractivity contribution in [1.82, 2.24) is 4.90 Å². The van der Waals surface area contributed by atoms with Crippen molar-refractivity contribution in [2.24, 2.45) is 0 Å². The number of rotatable bonds is 8. The van der Waals surface area contributed by atoms with Crippen LogP contribution in [0.2, 0.25) is 0 Å². The number of benzene rings is 2. The summed E-state index contributed by atoms with van der Waals surface area (Å²) in [5.74, 6) is 0.238. The summed E-state index contributed by atoms with van der Waals surface area (Å²) >= 11 is 2.77. The summed E-state index contributed by atoms with van der Waals surface area (Å²) in [5, 5.41) is 15.8. The lowest BCUT2D eigenvalue weighted by molar-refractivity contribution is -0.129. The molecule has 1 aliphatic heterocycles. The van der Waals surface area contributed by atoms with E-state index in [0.717, 1.165) is 15.3 Å². The van der Waals surface area contributed by atoms with Gasteiger partial charge in [0.05, 0.1) is 24.5 Å². The Labute approximate surface area is 230 Å². The van der Waals surface area contributed by atoms with Gasteiger partial charge in [0.25, 0.3) is 5.91 Å². The molecule has 0 aliphatic carbocycles. The number of amides is 3. The molecule has 0 saturated heterocycles. The van der Waals surface area contributed by atoms with Crippen LogP contribution in [0.1, 0.15) is 46.6 Å². The summed E-state index contributed by atoms with van der Waals surface area (Å²) in [6, 6.07) is 16.4. The van der Waals surface area contributed by atoms with Crippen LogP contribution < -0.4 is 15.4 Å². The summed E-state index contributed by atoms with van der Waals surface area (Å²) in [6.45, 7) is 4.50. The average Bonchev–Trinajstić information content (AvgIpc) is 3.27. The number of methoxy groups -OCH3 is 1. The van der Waals surface area contributed by atoms with Crippen molar-refractivity contribution in [3.05, 3.63) is 70.1 Å². The van der Waals surface area contributed by atoms with Crippen molar-refractivity contribution < 1.29 is 19.1 Å². The smallest absolute Gasteiger partial charge is 0.255 e. The fraction of sp³-hybridized carbons (Fsp3) is 0.286. The van der Waals surface area contributed by atoms with Crippen LogP contribution >= 0.6 is 23.1 Å². The zero-order valence-electron chi connectivity index (χ0n) is 21.4. The van der Waals surface area contributed by atoms with E-state index in [1.165, 1.54) is 30.0 Å². The van der Waals surface area contributed by atoms with E-state index in [0.29, 0.717) is 53.5 Å². The molecule has 0 radical (unpaired) electrons. The monoisotopic (exact) mass is 548 g/mol. The fourth-order valence-electron chi connectivity index (χ4n) is 4.15. The molecule has 0 fully saturated rings. The van der Waals surface area contributed by atoms with Gasteiger partial charge in [0.2, 0.25) is 11.8 Å². The minimum Gasteiger partial charge on any atom is -0.497 e. The lowest BCUT2D eigenvalue weighted by Crippen LogP contribution is -2.33. The lowest BCUT2D eigenvalue weighted by atomic mass is 10.0. The van der Waals surface area contributed by atoms with Crippen LogP contribution in [-0.2, 0) is 22.6 Å². The van der Waals surface area contributed by atoms with Crippen molar-refractivity contribution in [2.45, 2.75) is 43.4 Å². The minimum absolute atomic E-state index is 0.00184. The Bertz CT molecular complexity index is 1390. The highest BCUT2D eigenvalue weighted by molar-refractivity contribution is 8.00. The molecule has 2 aromatic carbocycles. The second-order valence-corrected chi connectivity index (χ2v) is 11.1. The van der Waals surface area contributed by atoms with Gasteiger partial charge >= 0.3 is 0 Å². The Balaban J connectivity index is 1.43. The van der Waals surface area contributed by atoms with E-state index in [1.54, 1.807) is 42.3 Å². The van der Waals surface area contributed by atoms with Gasteiger partial charge < -0.3 is 20.3 Å². The molecule has 0 saturated carbocycles. The third-order valence-electron chi connectivity index (χ3n) is 6.24. The molecule has 1 atom stereocenters. The molecule has 38 heavy (non-hydrogen) atoms. The summed E-state index contributed by atoms with van der Waals surface area (Å²) in [6.07, 6.45) is 1.18. The topological polar surface area (TPSA) is 112 Å². The molecule has 4 rings (SSSR count). The first-order chi connectivity index (χ1) is 18.3. The van der Waals surface area contributed by atoms with Crippen LogP contribution in [0.15, 0.2) is 53.4 Å². The third kappa shape index (κ3) is 6.18. The molecule has 196 valence electrons. The molecular formula is C28H28N4O4S2. The summed E-state index contributed by atoms with van der Waals surface area (Å²) < 4.78 is 5.14. The maximum Gasteiger partial charge on any atom is 0.255 e. The Kier molecular flexibility index (Phi) is 8.71. The van der Waals surface area contributed by atoms with Crippen molar-refractivity contribution in [3.63, 3.8) is 0 Å². The van der Waals surface area contributed by atoms with Gasteiger partial charge in [-0.05, 0) is 60.9 Å². The van der Waals surface area contributed by atoms with Crippen LogP contribution in [0.25, 0.3) is 0 Å². The van der Waals surface area contributed by atoms with Crippen molar-refractivity contribution in [3.8, 4) is 11.8 Å². The van der Waals surface area contributed by atoms with E-state index in [-0.39, 0.29) is 17.7 Å². The number of fused-ring (bicyclic) bond motifs is 1. The number of ether oxygens (including phenoxy) is 1. The zero-order valence-corrected chi connectivity index (χ0v) is 23.0. The van der Waals surface area contributed by atoms with Crippen LogP contribution in [0, 0.1) is 11.3 Å². The summed E-state index contributed by atoms with van der Waals surface area (Å²) in [7, 11) is 1.57. The molecule has 3 amide bonds. The molecule has 10 heteroatoms. The molecule has 3 aromatic rings. The molecular weight excluding hydrogens is 520 g/mol. The van der Waals surface area contributed by atoms with E-state index >= 15 is 0 Å². The van der Waals surface area contributed by atoms with E-state index in [9.17, 15) is 19.6 Å². The predicted molar refractivity (Wildman–Crippen MR) is 150 cm³/mol. The highest BCUT2D eigenvalue weighted by atomic mass is 32.2. The first-order valence-corrected chi connectivity index (χ1v) is 13.9. The number of carbonyl (C=O) groups is 3. The van der Waals surface area contributed by atoms with Crippen LogP contribution in [0.5, 0.6) is 5.75 Å². The van der Waals surface area contributed by atoms with Gasteiger partial charge in [0, 0.05) is 34.5 Å². The van der Waals surface area contributed by atoms with Gasteiger partial charge in [0.1, 0.15) is 16.8 Å². The molecule has 0 bridgehead atoms. The van der Waals surface area contributed by atoms with Crippen LogP contribution in [0.4, 0.5) is 10.7 Å². The highest BCUT2D eigenvalue weighted by Gasteiger charge is 2.27. The van der Waals surface area contributed by atoms with Gasteiger partial charge in [-0.2, -0.15) is 5.26 Å². The van der Waals surface area contributed by atoms with Crippen molar-refractivity contribution in [1.29, 1.82) is 5.26 Å². The molecule has 1 unspecified atom stereocenters. The zero-order chi connectivity index (χ0) is 27.2. The summed E-state index contributed by atoms with van der Waals surface area (Å²) in [4.78, 5) is 41.2. The molecule has 1 aliphatic rings. The van der Waals surface area contributed by atoms with Gasteiger partial charge in [-0.25, -0.2) is 0 Å². The Morgan fingerprint density at radius 3 is 2.61 bits per heavy atom. The number of thioether (sulfide) groups is 1. The predicted octanol–water partition coefficient (Wildman–Crippen LogP) is 5.29.